The molecule has 1 aliphatic heterocycles. The average molecular weight is 284 g/mol. The third-order valence-electron chi connectivity index (χ3n) is 3.35. The highest BCUT2D eigenvalue weighted by atomic mass is 35.5. The molecule has 1 aromatic rings. The van der Waals surface area contributed by atoms with Gasteiger partial charge in [-0.2, -0.15) is 0 Å². The molecule has 2 rings (SSSR count). The molecule has 0 aromatic heterocycles. The van der Waals surface area contributed by atoms with Crippen LogP contribution in [0.2, 0.25) is 0 Å². The van der Waals surface area contributed by atoms with Gasteiger partial charge in [-0.15, -0.1) is 12.4 Å². The maximum absolute atomic E-state index is 12.4. The molecular weight excluding hydrogens is 262 g/mol. The van der Waals surface area contributed by atoms with Gasteiger partial charge in [0.2, 0.25) is 0 Å². The number of hydrogen-bond acceptors (Lipinski definition) is 3. The van der Waals surface area contributed by atoms with Crippen LogP contribution in [0.1, 0.15) is 23.2 Å². The van der Waals surface area contributed by atoms with Crippen molar-refractivity contribution in [1.29, 1.82) is 0 Å². The zero-order chi connectivity index (χ0) is 13.1. The number of halogens is 1. The SMILES string of the molecule is CN(C)c1cccc(C(=O)N2CCC[C@@H](N)C2)c1.Cl. The number of rotatable bonds is 2. The van der Waals surface area contributed by atoms with E-state index in [9.17, 15) is 4.79 Å². The van der Waals surface area contributed by atoms with Crippen LogP contribution in [0.5, 0.6) is 0 Å². The van der Waals surface area contributed by atoms with Crippen LogP contribution in [0, 0.1) is 0 Å². The molecule has 0 aliphatic carbocycles. The summed E-state index contributed by atoms with van der Waals surface area (Å²) in [4.78, 5) is 16.2. The highest BCUT2D eigenvalue weighted by molar-refractivity contribution is 5.95. The van der Waals surface area contributed by atoms with Crippen molar-refractivity contribution in [3.63, 3.8) is 0 Å². The van der Waals surface area contributed by atoms with Gasteiger partial charge in [-0.25, -0.2) is 0 Å². The maximum Gasteiger partial charge on any atom is 0.253 e. The second kappa shape index (κ2) is 6.78. The topological polar surface area (TPSA) is 49.6 Å². The van der Waals surface area contributed by atoms with E-state index in [1.54, 1.807) is 0 Å². The van der Waals surface area contributed by atoms with E-state index in [-0.39, 0.29) is 24.4 Å². The van der Waals surface area contributed by atoms with Gasteiger partial charge in [0.05, 0.1) is 0 Å². The van der Waals surface area contributed by atoms with Gasteiger partial charge >= 0.3 is 0 Å². The van der Waals surface area contributed by atoms with Crippen LogP contribution in [-0.2, 0) is 0 Å². The molecule has 1 fully saturated rings. The van der Waals surface area contributed by atoms with Gasteiger partial charge in [0.1, 0.15) is 0 Å². The molecule has 5 heteroatoms. The van der Waals surface area contributed by atoms with Crippen molar-refractivity contribution < 1.29 is 4.79 Å². The Bertz CT molecular complexity index is 436. The number of carbonyl (C=O) groups excluding carboxylic acids is 1. The number of likely N-dealkylation sites (tertiary alicyclic amines) is 1. The summed E-state index contributed by atoms with van der Waals surface area (Å²) in [6.45, 7) is 1.49. The molecule has 1 atom stereocenters. The van der Waals surface area contributed by atoms with E-state index in [2.05, 4.69) is 0 Å². The van der Waals surface area contributed by atoms with E-state index >= 15 is 0 Å². The summed E-state index contributed by atoms with van der Waals surface area (Å²) in [5.41, 5.74) is 7.71. The lowest BCUT2D eigenvalue weighted by Crippen LogP contribution is -2.45. The van der Waals surface area contributed by atoms with Crippen molar-refractivity contribution in [2.75, 3.05) is 32.1 Å². The maximum atomic E-state index is 12.4. The van der Waals surface area contributed by atoms with E-state index in [0.717, 1.165) is 30.6 Å². The van der Waals surface area contributed by atoms with Crippen molar-refractivity contribution in [2.24, 2.45) is 5.73 Å². The van der Waals surface area contributed by atoms with E-state index in [1.165, 1.54) is 0 Å². The Hall–Kier alpha value is -1.26. The fourth-order valence-corrected chi connectivity index (χ4v) is 2.29. The molecule has 0 saturated carbocycles. The zero-order valence-corrected chi connectivity index (χ0v) is 12.3. The lowest BCUT2D eigenvalue weighted by atomic mass is 10.1. The van der Waals surface area contributed by atoms with Gasteiger partial charge < -0.3 is 15.5 Å². The Labute approximate surface area is 121 Å². The van der Waals surface area contributed by atoms with E-state index < -0.39 is 0 Å². The Balaban J connectivity index is 0.00000180. The first-order chi connectivity index (χ1) is 8.58. The van der Waals surface area contributed by atoms with E-state index in [1.807, 2.05) is 48.2 Å². The number of anilines is 1. The van der Waals surface area contributed by atoms with Crippen molar-refractivity contribution in [1.82, 2.24) is 4.90 Å². The molecule has 4 nitrogen and oxygen atoms in total. The van der Waals surface area contributed by atoms with Crippen LogP contribution in [-0.4, -0.2) is 44.0 Å². The number of nitrogens with two attached hydrogens (primary N) is 1. The predicted octanol–water partition coefficient (Wildman–Crippen LogP) is 1.74. The molecule has 1 aromatic carbocycles. The third kappa shape index (κ3) is 3.85. The van der Waals surface area contributed by atoms with E-state index in [4.69, 9.17) is 5.73 Å². The lowest BCUT2D eigenvalue weighted by Gasteiger charge is -2.31. The second-order valence-electron chi connectivity index (χ2n) is 5.10. The molecule has 19 heavy (non-hydrogen) atoms. The largest absolute Gasteiger partial charge is 0.378 e. The standard InChI is InChI=1S/C14H21N3O.ClH/c1-16(2)13-7-3-5-11(9-13)14(18)17-8-4-6-12(15)10-17;/h3,5,7,9,12H,4,6,8,10,15H2,1-2H3;1H/t12-;/m1./s1. The molecule has 1 heterocycles. The number of benzene rings is 1. The first-order valence-corrected chi connectivity index (χ1v) is 6.40. The number of nitrogens with zero attached hydrogens (tertiary/aromatic N) is 2. The number of amides is 1. The smallest absolute Gasteiger partial charge is 0.253 e. The van der Waals surface area contributed by atoms with Crippen molar-refractivity contribution in [2.45, 2.75) is 18.9 Å². The molecule has 1 aliphatic rings. The van der Waals surface area contributed by atoms with E-state index in [0.29, 0.717) is 6.54 Å². The van der Waals surface area contributed by atoms with Gasteiger partial charge in [0, 0.05) is 44.5 Å². The normalized spacial score (nSPS) is 18.7. The Kier molecular flexibility index (Phi) is 5.63. The molecule has 0 radical (unpaired) electrons. The molecule has 0 unspecified atom stereocenters. The van der Waals surface area contributed by atoms with Gasteiger partial charge in [0.25, 0.3) is 5.91 Å². The first-order valence-electron chi connectivity index (χ1n) is 6.40. The minimum absolute atomic E-state index is 0. The first kappa shape index (κ1) is 15.8. The molecule has 1 saturated heterocycles. The van der Waals surface area contributed by atoms with Crippen LogP contribution < -0.4 is 10.6 Å². The van der Waals surface area contributed by atoms with Crippen LogP contribution in [0.15, 0.2) is 24.3 Å². The third-order valence-corrected chi connectivity index (χ3v) is 3.35. The lowest BCUT2D eigenvalue weighted by molar-refractivity contribution is 0.0709. The summed E-state index contributed by atoms with van der Waals surface area (Å²) in [6.07, 6.45) is 2.02. The number of hydrogen-bond donors (Lipinski definition) is 1. The summed E-state index contributed by atoms with van der Waals surface area (Å²) in [5, 5.41) is 0. The predicted molar refractivity (Wildman–Crippen MR) is 81.1 cm³/mol. The van der Waals surface area contributed by atoms with Crippen LogP contribution in [0.3, 0.4) is 0 Å². The van der Waals surface area contributed by atoms with Gasteiger partial charge in [-0.1, -0.05) is 6.07 Å². The summed E-state index contributed by atoms with van der Waals surface area (Å²) in [5.74, 6) is 0.0915. The molecule has 1 amide bonds. The fraction of sp³-hybridized carbons (Fsp3) is 0.500. The van der Waals surface area contributed by atoms with Crippen molar-refractivity contribution in [3.05, 3.63) is 29.8 Å². The Morgan fingerprint density at radius 3 is 2.79 bits per heavy atom. The minimum atomic E-state index is 0. The number of carbonyl (C=O) groups is 1. The Morgan fingerprint density at radius 1 is 1.42 bits per heavy atom. The zero-order valence-electron chi connectivity index (χ0n) is 11.5. The van der Waals surface area contributed by atoms with Crippen molar-refractivity contribution in [3.8, 4) is 0 Å². The summed E-state index contributed by atoms with van der Waals surface area (Å²) in [6, 6.07) is 7.85. The minimum Gasteiger partial charge on any atom is -0.378 e. The van der Waals surface area contributed by atoms with Crippen LogP contribution in [0.4, 0.5) is 5.69 Å². The molecule has 106 valence electrons. The van der Waals surface area contributed by atoms with Gasteiger partial charge in [0.15, 0.2) is 0 Å². The van der Waals surface area contributed by atoms with Gasteiger partial charge in [-0.05, 0) is 31.0 Å². The number of piperidine rings is 1. The van der Waals surface area contributed by atoms with Gasteiger partial charge in [-0.3, -0.25) is 4.79 Å². The molecule has 2 N–H and O–H groups in total. The molecule has 0 bridgehead atoms. The summed E-state index contributed by atoms with van der Waals surface area (Å²) in [7, 11) is 3.95. The molecular formula is C14H22ClN3O. The highest BCUT2D eigenvalue weighted by Gasteiger charge is 2.22. The molecule has 0 spiro atoms. The summed E-state index contributed by atoms with van der Waals surface area (Å²) >= 11 is 0. The average Bonchev–Trinajstić information content (AvgIpc) is 2.38. The van der Waals surface area contributed by atoms with Crippen LogP contribution in [0.25, 0.3) is 0 Å². The fourth-order valence-electron chi connectivity index (χ4n) is 2.29. The van der Waals surface area contributed by atoms with Crippen LogP contribution >= 0.6 is 12.4 Å². The Morgan fingerprint density at radius 2 is 2.16 bits per heavy atom. The highest BCUT2D eigenvalue weighted by Crippen LogP contribution is 2.17. The van der Waals surface area contributed by atoms with Crippen molar-refractivity contribution >= 4 is 24.0 Å². The second-order valence-corrected chi connectivity index (χ2v) is 5.10. The quantitative estimate of drug-likeness (QED) is 0.899. The summed E-state index contributed by atoms with van der Waals surface area (Å²) < 4.78 is 0. The monoisotopic (exact) mass is 283 g/mol.